The third-order valence-corrected chi connectivity index (χ3v) is 3.39. The molecule has 0 unspecified atom stereocenters. The van der Waals surface area contributed by atoms with Crippen LogP contribution in [0.4, 0.5) is 0 Å². The fourth-order valence-electron chi connectivity index (χ4n) is 2.48. The second kappa shape index (κ2) is 5.39. The standard InChI is InChI=1S/C14H20O3/c1-3-4-8-12-13(14(15)16-2)10-7-5-6-9-11(10)17-12/h3-9H2,1-2H3. The molecule has 0 saturated carbocycles. The van der Waals surface area contributed by atoms with Gasteiger partial charge in [-0.25, -0.2) is 4.79 Å². The molecule has 17 heavy (non-hydrogen) atoms. The number of fused-ring (bicyclic) bond motifs is 1. The minimum Gasteiger partial charge on any atom is -0.465 e. The number of aryl methyl sites for hydroxylation is 2. The maximum atomic E-state index is 11.8. The quantitative estimate of drug-likeness (QED) is 0.753. The molecule has 0 amide bonds. The fourth-order valence-corrected chi connectivity index (χ4v) is 2.48. The molecule has 3 nitrogen and oxygen atoms in total. The Balaban J connectivity index is 2.35. The molecule has 0 radical (unpaired) electrons. The summed E-state index contributed by atoms with van der Waals surface area (Å²) >= 11 is 0. The lowest BCUT2D eigenvalue weighted by atomic mass is 9.94. The molecular formula is C14H20O3. The van der Waals surface area contributed by atoms with Gasteiger partial charge in [-0.15, -0.1) is 0 Å². The molecule has 1 aliphatic rings. The van der Waals surface area contributed by atoms with Crippen LogP contribution >= 0.6 is 0 Å². The van der Waals surface area contributed by atoms with Crippen molar-refractivity contribution in [3.8, 4) is 0 Å². The van der Waals surface area contributed by atoms with E-state index in [1.807, 2.05) is 0 Å². The SMILES string of the molecule is CCCCc1oc2c(c1C(=O)OC)CCCC2. The highest BCUT2D eigenvalue weighted by Crippen LogP contribution is 2.31. The third kappa shape index (κ3) is 2.38. The number of hydrogen-bond acceptors (Lipinski definition) is 3. The molecule has 94 valence electrons. The van der Waals surface area contributed by atoms with Crippen molar-refractivity contribution in [1.29, 1.82) is 0 Å². The first-order valence-corrected chi connectivity index (χ1v) is 6.49. The number of furan rings is 1. The predicted octanol–water partition coefficient (Wildman–Crippen LogP) is 3.29. The van der Waals surface area contributed by atoms with Gasteiger partial charge >= 0.3 is 5.97 Å². The van der Waals surface area contributed by atoms with Gasteiger partial charge in [0, 0.05) is 18.4 Å². The van der Waals surface area contributed by atoms with E-state index < -0.39 is 0 Å². The summed E-state index contributed by atoms with van der Waals surface area (Å²) in [5.41, 5.74) is 1.82. The van der Waals surface area contributed by atoms with Crippen molar-refractivity contribution in [2.75, 3.05) is 7.11 Å². The Labute approximate surface area is 102 Å². The van der Waals surface area contributed by atoms with E-state index in [-0.39, 0.29) is 5.97 Å². The minimum absolute atomic E-state index is 0.233. The van der Waals surface area contributed by atoms with Crippen LogP contribution in [0, 0.1) is 0 Å². The van der Waals surface area contributed by atoms with E-state index in [4.69, 9.17) is 9.15 Å². The highest BCUT2D eigenvalue weighted by molar-refractivity contribution is 5.92. The lowest BCUT2D eigenvalue weighted by Crippen LogP contribution is -2.09. The monoisotopic (exact) mass is 236 g/mol. The van der Waals surface area contributed by atoms with Crippen molar-refractivity contribution in [3.63, 3.8) is 0 Å². The van der Waals surface area contributed by atoms with E-state index in [1.54, 1.807) is 0 Å². The van der Waals surface area contributed by atoms with Gasteiger partial charge in [0.15, 0.2) is 0 Å². The van der Waals surface area contributed by atoms with Gasteiger partial charge in [-0.2, -0.15) is 0 Å². The average Bonchev–Trinajstić information content (AvgIpc) is 2.73. The van der Waals surface area contributed by atoms with Crippen molar-refractivity contribution >= 4 is 5.97 Å². The van der Waals surface area contributed by atoms with Gasteiger partial charge in [0.05, 0.1) is 7.11 Å². The molecule has 0 spiro atoms. The molecule has 0 saturated heterocycles. The third-order valence-electron chi connectivity index (χ3n) is 3.39. The average molecular weight is 236 g/mol. The molecular weight excluding hydrogens is 216 g/mol. The van der Waals surface area contributed by atoms with Crippen molar-refractivity contribution < 1.29 is 13.9 Å². The smallest absolute Gasteiger partial charge is 0.341 e. The largest absolute Gasteiger partial charge is 0.465 e. The summed E-state index contributed by atoms with van der Waals surface area (Å²) in [7, 11) is 1.44. The van der Waals surface area contributed by atoms with E-state index in [0.717, 1.165) is 67.6 Å². The van der Waals surface area contributed by atoms with E-state index in [9.17, 15) is 4.79 Å². The topological polar surface area (TPSA) is 39.4 Å². The van der Waals surface area contributed by atoms with Crippen LogP contribution in [0.25, 0.3) is 0 Å². The summed E-state index contributed by atoms with van der Waals surface area (Å²) in [6, 6.07) is 0. The molecule has 1 aromatic heterocycles. The van der Waals surface area contributed by atoms with E-state index in [1.165, 1.54) is 7.11 Å². The van der Waals surface area contributed by atoms with Crippen molar-refractivity contribution in [1.82, 2.24) is 0 Å². The molecule has 0 aliphatic heterocycles. The van der Waals surface area contributed by atoms with Gasteiger partial charge < -0.3 is 9.15 Å². The summed E-state index contributed by atoms with van der Waals surface area (Å²) in [5, 5.41) is 0. The van der Waals surface area contributed by atoms with Crippen LogP contribution in [-0.2, 0) is 24.0 Å². The molecule has 0 atom stereocenters. The van der Waals surface area contributed by atoms with Crippen LogP contribution in [0.15, 0.2) is 4.42 Å². The Morgan fingerprint density at radius 1 is 1.35 bits per heavy atom. The summed E-state index contributed by atoms with van der Waals surface area (Å²) in [5.74, 6) is 1.62. The van der Waals surface area contributed by atoms with Gasteiger partial charge in [-0.3, -0.25) is 0 Å². The Hall–Kier alpha value is -1.25. The van der Waals surface area contributed by atoms with Gasteiger partial charge in [0.25, 0.3) is 0 Å². The summed E-state index contributed by atoms with van der Waals surface area (Å²) in [6.45, 7) is 2.14. The highest BCUT2D eigenvalue weighted by atomic mass is 16.5. The Morgan fingerprint density at radius 3 is 2.82 bits per heavy atom. The second-order valence-corrected chi connectivity index (χ2v) is 4.60. The van der Waals surface area contributed by atoms with Crippen molar-refractivity contribution in [2.45, 2.75) is 51.9 Å². The Bertz CT molecular complexity index is 404. The normalized spacial score (nSPS) is 14.5. The van der Waals surface area contributed by atoms with Gasteiger partial charge in [0.1, 0.15) is 17.1 Å². The highest BCUT2D eigenvalue weighted by Gasteiger charge is 2.27. The van der Waals surface area contributed by atoms with Crippen LogP contribution in [0.2, 0.25) is 0 Å². The summed E-state index contributed by atoms with van der Waals surface area (Å²) in [6.07, 6.45) is 7.22. The lowest BCUT2D eigenvalue weighted by Gasteiger charge is -2.09. The molecule has 1 aliphatic carbocycles. The number of methoxy groups -OCH3 is 1. The first kappa shape index (κ1) is 12.2. The Morgan fingerprint density at radius 2 is 2.12 bits per heavy atom. The van der Waals surface area contributed by atoms with Crippen molar-refractivity contribution in [3.05, 3.63) is 22.6 Å². The molecule has 2 rings (SSSR count). The first-order chi connectivity index (χ1) is 8.27. The molecule has 1 aromatic rings. The maximum Gasteiger partial charge on any atom is 0.341 e. The van der Waals surface area contributed by atoms with Gasteiger partial charge in [0.2, 0.25) is 0 Å². The number of esters is 1. The van der Waals surface area contributed by atoms with E-state index >= 15 is 0 Å². The molecule has 0 bridgehead atoms. The zero-order chi connectivity index (χ0) is 12.3. The minimum atomic E-state index is -0.233. The summed E-state index contributed by atoms with van der Waals surface area (Å²) < 4.78 is 10.7. The number of unbranched alkanes of at least 4 members (excludes halogenated alkanes) is 1. The first-order valence-electron chi connectivity index (χ1n) is 6.49. The number of hydrogen-bond donors (Lipinski definition) is 0. The number of ether oxygens (including phenoxy) is 1. The van der Waals surface area contributed by atoms with E-state index in [0.29, 0.717) is 0 Å². The predicted molar refractivity (Wildman–Crippen MR) is 65.3 cm³/mol. The molecule has 0 fully saturated rings. The van der Waals surface area contributed by atoms with Crippen molar-refractivity contribution in [2.24, 2.45) is 0 Å². The second-order valence-electron chi connectivity index (χ2n) is 4.60. The molecule has 3 heteroatoms. The lowest BCUT2D eigenvalue weighted by molar-refractivity contribution is 0.0597. The summed E-state index contributed by atoms with van der Waals surface area (Å²) in [4.78, 5) is 11.8. The Kier molecular flexibility index (Phi) is 3.87. The zero-order valence-electron chi connectivity index (χ0n) is 10.7. The van der Waals surface area contributed by atoms with Crippen LogP contribution in [0.3, 0.4) is 0 Å². The van der Waals surface area contributed by atoms with Crippen LogP contribution in [0.5, 0.6) is 0 Å². The number of rotatable bonds is 4. The fraction of sp³-hybridized carbons (Fsp3) is 0.643. The van der Waals surface area contributed by atoms with Crippen LogP contribution < -0.4 is 0 Å². The van der Waals surface area contributed by atoms with Crippen LogP contribution in [-0.4, -0.2) is 13.1 Å². The van der Waals surface area contributed by atoms with Gasteiger partial charge in [-0.1, -0.05) is 13.3 Å². The number of carbonyl (C=O) groups is 1. The maximum absolute atomic E-state index is 11.8. The van der Waals surface area contributed by atoms with Gasteiger partial charge in [-0.05, 0) is 25.7 Å². The molecule has 0 N–H and O–H groups in total. The zero-order valence-corrected chi connectivity index (χ0v) is 10.7. The van der Waals surface area contributed by atoms with Crippen LogP contribution in [0.1, 0.15) is 60.0 Å². The number of carbonyl (C=O) groups excluding carboxylic acids is 1. The van der Waals surface area contributed by atoms with E-state index in [2.05, 4.69) is 6.92 Å². The molecule has 1 heterocycles. The molecule has 0 aromatic carbocycles.